The first-order valence-electron chi connectivity index (χ1n) is 5.42. The lowest BCUT2D eigenvalue weighted by Gasteiger charge is -2.25. The van der Waals surface area contributed by atoms with Gasteiger partial charge < -0.3 is 4.52 Å². The molecule has 0 saturated heterocycles. The number of hydrogen-bond acceptors (Lipinski definition) is 4. The maximum absolute atomic E-state index is 11.9. The van der Waals surface area contributed by atoms with Gasteiger partial charge in [0.1, 0.15) is 0 Å². The van der Waals surface area contributed by atoms with E-state index >= 15 is 0 Å². The van der Waals surface area contributed by atoms with Crippen LogP contribution in [-0.4, -0.2) is 12.7 Å². The van der Waals surface area contributed by atoms with Gasteiger partial charge in [-0.2, -0.15) is 0 Å². The van der Waals surface area contributed by atoms with E-state index in [9.17, 15) is 4.57 Å². The van der Waals surface area contributed by atoms with E-state index in [4.69, 9.17) is 13.6 Å². The van der Waals surface area contributed by atoms with E-state index in [1.807, 2.05) is 0 Å². The molecule has 0 aromatic heterocycles. The number of phosphoric ester groups is 1. The van der Waals surface area contributed by atoms with E-state index in [1.165, 1.54) is 6.42 Å². The molecular formula is C10H19O4P. The van der Waals surface area contributed by atoms with Gasteiger partial charge in [-0.1, -0.05) is 25.8 Å². The van der Waals surface area contributed by atoms with Crippen molar-refractivity contribution in [1.29, 1.82) is 0 Å². The van der Waals surface area contributed by atoms with Crippen LogP contribution in [-0.2, 0) is 18.1 Å². The molecule has 1 aliphatic rings. The quantitative estimate of drug-likeness (QED) is 0.520. The van der Waals surface area contributed by atoms with Crippen LogP contribution < -0.4 is 0 Å². The predicted octanol–water partition coefficient (Wildman–Crippen LogP) is 3.64. The molecule has 1 aliphatic carbocycles. The highest BCUT2D eigenvalue weighted by molar-refractivity contribution is 7.48. The van der Waals surface area contributed by atoms with Crippen LogP contribution in [0.15, 0.2) is 12.8 Å². The second-order valence-corrected chi connectivity index (χ2v) is 5.08. The first-order chi connectivity index (χ1) is 7.20. The Morgan fingerprint density at radius 1 is 1.40 bits per heavy atom. The Morgan fingerprint density at radius 2 is 2.07 bits per heavy atom. The fourth-order valence-corrected chi connectivity index (χ4v) is 2.93. The fourth-order valence-electron chi connectivity index (χ4n) is 1.69. The average molecular weight is 234 g/mol. The molecule has 4 nitrogen and oxygen atoms in total. The molecule has 0 heterocycles. The summed E-state index contributed by atoms with van der Waals surface area (Å²) >= 11 is 0. The van der Waals surface area contributed by atoms with Crippen LogP contribution in [0.2, 0.25) is 0 Å². The van der Waals surface area contributed by atoms with Crippen molar-refractivity contribution in [2.24, 2.45) is 0 Å². The molecule has 0 aliphatic heterocycles. The van der Waals surface area contributed by atoms with Crippen molar-refractivity contribution in [3.63, 3.8) is 0 Å². The summed E-state index contributed by atoms with van der Waals surface area (Å²) in [6.07, 6.45) is 6.42. The van der Waals surface area contributed by atoms with Gasteiger partial charge >= 0.3 is 7.82 Å². The molecule has 15 heavy (non-hydrogen) atoms. The Kier molecular flexibility index (Phi) is 5.37. The fraction of sp³-hybridized carbons (Fsp3) is 0.800. The average Bonchev–Trinajstić information content (AvgIpc) is 2.19. The zero-order valence-electron chi connectivity index (χ0n) is 9.18. The van der Waals surface area contributed by atoms with Crippen molar-refractivity contribution in [3.05, 3.63) is 12.8 Å². The minimum atomic E-state index is -3.41. The van der Waals surface area contributed by atoms with Gasteiger partial charge in [-0.25, -0.2) is 4.57 Å². The summed E-state index contributed by atoms with van der Waals surface area (Å²) in [6.45, 7) is 5.42. The van der Waals surface area contributed by atoms with E-state index in [0.29, 0.717) is 6.61 Å². The van der Waals surface area contributed by atoms with Crippen molar-refractivity contribution in [2.75, 3.05) is 6.61 Å². The SMILES string of the molecule is C=COP(=O)(OCC)OC1CCCCC1. The highest BCUT2D eigenvalue weighted by Crippen LogP contribution is 2.52. The molecule has 0 spiro atoms. The monoisotopic (exact) mass is 234 g/mol. The molecule has 1 atom stereocenters. The maximum Gasteiger partial charge on any atom is 0.529 e. The number of hydrogen-bond donors (Lipinski definition) is 0. The molecule has 0 radical (unpaired) electrons. The van der Waals surface area contributed by atoms with E-state index in [-0.39, 0.29) is 6.10 Å². The summed E-state index contributed by atoms with van der Waals surface area (Å²) in [4.78, 5) is 0. The molecule has 0 bridgehead atoms. The Labute approximate surface area is 91.2 Å². The van der Waals surface area contributed by atoms with Gasteiger partial charge in [0.15, 0.2) is 0 Å². The molecule has 1 rings (SSSR count). The third kappa shape index (κ3) is 4.37. The highest BCUT2D eigenvalue weighted by atomic mass is 31.2. The largest absolute Gasteiger partial charge is 0.529 e. The zero-order valence-corrected chi connectivity index (χ0v) is 10.1. The van der Waals surface area contributed by atoms with Gasteiger partial charge in [0, 0.05) is 0 Å². The van der Waals surface area contributed by atoms with E-state index < -0.39 is 7.82 Å². The Balaban J connectivity index is 2.48. The first-order valence-corrected chi connectivity index (χ1v) is 6.88. The summed E-state index contributed by atoms with van der Waals surface area (Å²) in [5.41, 5.74) is 0. The lowest BCUT2D eigenvalue weighted by molar-refractivity contribution is 0.0815. The molecule has 0 aromatic rings. The third-order valence-electron chi connectivity index (χ3n) is 2.32. The highest BCUT2D eigenvalue weighted by Gasteiger charge is 2.31. The van der Waals surface area contributed by atoms with E-state index in [0.717, 1.165) is 31.9 Å². The van der Waals surface area contributed by atoms with E-state index in [2.05, 4.69) is 6.58 Å². The second-order valence-electron chi connectivity index (χ2n) is 3.50. The van der Waals surface area contributed by atoms with Crippen LogP contribution in [0.1, 0.15) is 39.0 Å². The summed E-state index contributed by atoms with van der Waals surface area (Å²) in [6, 6.07) is 0. The smallest absolute Gasteiger partial charge is 0.413 e. The molecule has 1 saturated carbocycles. The van der Waals surface area contributed by atoms with Crippen LogP contribution in [0, 0.1) is 0 Å². The summed E-state index contributed by atoms with van der Waals surface area (Å²) in [7, 11) is -3.41. The normalized spacial score (nSPS) is 21.9. The first kappa shape index (κ1) is 12.8. The minimum Gasteiger partial charge on any atom is -0.413 e. The van der Waals surface area contributed by atoms with Crippen LogP contribution in [0.4, 0.5) is 0 Å². The summed E-state index contributed by atoms with van der Waals surface area (Å²) < 4.78 is 27.2. The molecule has 88 valence electrons. The van der Waals surface area contributed by atoms with E-state index in [1.54, 1.807) is 6.92 Å². The van der Waals surface area contributed by atoms with Crippen LogP contribution >= 0.6 is 7.82 Å². The third-order valence-corrected chi connectivity index (χ3v) is 3.86. The van der Waals surface area contributed by atoms with Crippen molar-refractivity contribution < 1.29 is 18.1 Å². The zero-order chi connectivity index (χ0) is 11.1. The summed E-state index contributed by atoms with van der Waals surface area (Å²) in [5, 5.41) is 0. The molecule has 5 heteroatoms. The standard InChI is InChI=1S/C10H19O4P/c1-3-12-15(11,13-4-2)14-10-8-6-5-7-9-10/h3,10H,1,4-9H2,2H3. The van der Waals surface area contributed by atoms with Crippen molar-refractivity contribution >= 4 is 7.82 Å². The van der Waals surface area contributed by atoms with Gasteiger partial charge in [0.2, 0.25) is 0 Å². The van der Waals surface area contributed by atoms with Gasteiger partial charge in [-0.05, 0) is 19.8 Å². The van der Waals surface area contributed by atoms with Gasteiger partial charge in [0.05, 0.1) is 19.0 Å². The molecule has 1 fully saturated rings. The van der Waals surface area contributed by atoms with Crippen molar-refractivity contribution in [3.8, 4) is 0 Å². The summed E-state index contributed by atoms with van der Waals surface area (Å²) in [5.74, 6) is 0. The molecule has 0 amide bonds. The van der Waals surface area contributed by atoms with Crippen LogP contribution in [0.3, 0.4) is 0 Å². The van der Waals surface area contributed by atoms with Crippen LogP contribution in [0.5, 0.6) is 0 Å². The van der Waals surface area contributed by atoms with Gasteiger partial charge in [-0.3, -0.25) is 9.05 Å². The molecule has 1 unspecified atom stereocenters. The van der Waals surface area contributed by atoms with Crippen LogP contribution in [0.25, 0.3) is 0 Å². The number of phosphoric acid groups is 1. The Bertz CT molecular complexity index is 236. The lowest BCUT2D eigenvalue weighted by atomic mass is 9.98. The molecule has 0 N–H and O–H groups in total. The van der Waals surface area contributed by atoms with Crippen molar-refractivity contribution in [1.82, 2.24) is 0 Å². The second kappa shape index (κ2) is 6.31. The predicted molar refractivity (Wildman–Crippen MR) is 58.5 cm³/mol. The minimum absolute atomic E-state index is 0.00363. The maximum atomic E-state index is 11.9. The number of rotatable bonds is 6. The molecule has 0 aromatic carbocycles. The topological polar surface area (TPSA) is 44.8 Å². The molecular weight excluding hydrogens is 215 g/mol. The van der Waals surface area contributed by atoms with Gasteiger partial charge in [-0.15, -0.1) is 0 Å². The Morgan fingerprint density at radius 3 is 2.60 bits per heavy atom. The van der Waals surface area contributed by atoms with Crippen molar-refractivity contribution in [2.45, 2.75) is 45.1 Å². The Hall–Kier alpha value is -0.310. The lowest BCUT2D eigenvalue weighted by Crippen LogP contribution is -2.16. The van der Waals surface area contributed by atoms with Gasteiger partial charge in [0.25, 0.3) is 0 Å².